The predicted octanol–water partition coefficient (Wildman–Crippen LogP) is 2.30. The second-order valence-corrected chi connectivity index (χ2v) is 6.37. The van der Waals surface area contributed by atoms with Gasteiger partial charge in [-0.2, -0.15) is 5.01 Å². The van der Waals surface area contributed by atoms with Gasteiger partial charge in [-0.15, -0.1) is 0 Å². The average Bonchev–Trinajstić information content (AvgIpc) is 3.14. The first-order valence-corrected chi connectivity index (χ1v) is 9.10. The Labute approximate surface area is 172 Å². The topological polar surface area (TPSA) is 102 Å². The first-order chi connectivity index (χ1) is 14.5. The van der Waals surface area contributed by atoms with Crippen molar-refractivity contribution >= 4 is 23.9 Å². The number of methoxy groups -OCH3 is 1. The molecular weight excluding hydrogens is 392 g/mol. The number of ether oxygens (including phenoxy) is 3. The van der Waals surface area contributed by atoms with Crippen molar-refractivity contribution in [3.05, 3.63) is 71.8 Å². The summed E-state index contributed by atoms with van der Waals surface area (Å²) in [5, 5.41) is 1.39. The Morgan fingerprint density at radius 1 is 0.867 bits per heavy atom. The summed E-state index contributed by atoms with van der Waals surface area (Å²) in [6.45, 7) is -0.695. The third-order valence-corrected chi connectivity index (χ3v) is 4.35. The number of amides is 2. The van der Waals surface area contributed by atoms with Crippen molar-refractivity contribution in [2.45, 2.75) is 19.3 Å². The smallest absolute Gasteiger partial charge is 0.430 e. The van der Waals surface area contributed by atoms with Crippen LogP contribution in [0.5, 0.6) is 0 Å². The highest BCUT2D eigenvalue weighted by molar-refractivity contribution is 6.09. The number of carbonyl (C=O) groups is 4. The van der Waals surface area contributed by atoms with Crippen molar-refractivity contribution in [1.29, 1.82) is 0 Å². The Balaban J connectivity index is 1.74. The molecule has 2 amide bonds. The van der Waals surface area contributed by atoms with E-state index in [1.54, 1.807) is 48.5 Å². The number of Topliss-reactive ketones (excluding diaryl/α,β-unsaturated/α-hetero) is 1. The lowest BCUT2D eigenvalue weighted by Crippen LogP contribution is -2.51. The average molecular weight is 412 g/mol. The van der Waals surface area contributed by atoms with Crippen LogP contribution < -0.4 is 0 Å². The van der Waals surface area contributed by atoms with E-state index in [9.17, 15) is 19.2 Å². The second kappa shape index (κ2) is 9.55. The quantitative estimate of drug-likeness (QED) is 0.422. The highest BCUT2D eigenvalue weighted by atomic mass is 16.6. The van der Waals surface area contributed by atoms with Gasteiger partial charge in [0.25, 0.3) is 0 Å². The van der Waals surface area contributed by atoms with Crippen LogP contribution in [-0.2, 0) is 37.0 Å². The highest BCUT2D eigenvalue weighted by Crippen LogP contribution is 2.21. The molecule has 30 heavy (non-hydrogen) atoms. The minimum absolute atomic E-state index is 0.0693. The van der Waals surface area contributed by atoms with Gasteiger partial charge in [0.1, 0.15) is 19.8 Å². The molecule has 0 saturated carbocycles. The molecular formula is C21H20N2O7. The fourth-order valence-corrected chi connectivity index (χ4v) is 2.86. The molecule has 0 radical (unpaired) electrons. The maximum absolute atomic E-state index is 12.7. The number of ketones is 1. The molecule has 0 N–H and O–H groups in total. The van der Waals surface area contributed by atoms with Crippen molar-refractivity contribution < 1.29 is 33.4 Å². The van der Waals surface area contributed by atoms with Crippen molar-refractivity contribution in [2.24, 2.45) is 0 Å². The highest BCUT2D eigenvalue weighted by Gasteiger charge is 2.50. The van der Waals surface area contributed by atoms with E-state index in [0.29, 0.717) is 10.6 Å². The molecule has 2 aromatic rings. The van der Waals surface area contributed by atoms with Gasteiger partial charge in [-0.05, 0) is 11.1 Å². The van der Waals surface area contributed by atoms with Crippen molar-refractivity contribution in [3.63, 3.8) is 0 Å². The van der Waals surface area contributed by atoms with Gasteiger partial charge in [-0.25, -0.2) is 19.4 Å². The molecule has 0 bridgehead atoms. The Bertz CT molecular complexity index is 917. The van der Waals surface area contributed by atoms with E-state index < -0.39 is 36.5 Å². The lowest BCUT2D eigenvalue weighted by atomic mass is 10.2. The summed E-state index contributed by atoms with van der Waals surface area (Å²) in [6.07, 6.45) is -2.01. The number of benzene rings is 2. The fraction of sp³-hybridized carbons (Fsp3) is 0.238. The minimum Gasteiger partial charge on any atom is -0.467 e. The summed E-state index contributed by atoms with van der Waals surface area (Å²) in [5.74, 6) is -1.66. The van der Waals surface area contributed by atoms with Crippen LogP contribution in [0.2, 0.25) is 0 Å². The maximum Gasteiger partial charge on any atom is 0.430 e. The number of hydrogen-bond acceptors (Lipinski definition) is 7. The Kier molecular flexibility index (Phi) is 6.63. The van der Waals surface area contributed by atoms with E-state index in [-0.39, 0.29) is 13.2 Å². The van der Waals surface area contributed by atoms with Gasteiger partial charge in [0.15, 0.2) is 5.78 Å². The predicted molar refractivity (Wildman–Crippen MR) is 103 cm³/mol. The standard InChI is InChI=1S/C21H20N2O7/c1-28-19(25)18-17(24)12-22(20(26)29-13-15-8-4-2-5-9-15)23(18)21(27)30-14-16-10-6-3-7-11-16/h2-11,18H,12-14H2,1H3. The van der Waals surface area contributed by atoms with Crippen LogP contribution in [-0.4, -0.2) is 53.7 Å². The zero-order valence-corrected chi connectivity index (χ0v) is 16.2. The molecule has 0 spiro atoms. The van der Waals surface area contributed by atoms with E-state index in [0.717, 1.165) is 17.7 Å². The SMILES string of the molecule is COC(=O)C1C(=O)CN(C(=O)OCc2ccccc2)N1C(=O)OCc1ccccc1. The Morgan fingerprint density at radius 2 is 1.37 bits per heavy atom. The van der Waals surface area contributed by atoms with Crippen LogP contribution >= 0.6 is 0 Å². The van der Waals surface area contributed by atoms with Gasteiger partial charge >= 0.3 is 18.2 Å². The molecule has 1 heterocycles. The molecule has 9 heteroatoms. The van der Waals surface area contributed by atoms with Gasteiger partial charge in [0.2, 0.25) is 6.04 Å². The Morgan fingerprint density at radius 3 is 1.87 bits per heavy atom. The van der Waals surface area contributed by atoms with Crippen molar-refractivity contribution in [1.82, 2.24) is 10.0 Å². The van der Waals surface area contributed by atoms with Gasteiger partial charge in [0.05, 0.1) is 7.11 Å². The normalized spacial score (nSPS) is 15.6. The molecule has 1 atom stereocenters. The monoisotopic (exact) mass is 412 g/mol. The van der Waals surface area contributed by atoms with Crippen LogP contribution in [0, 0.1) is 0 Å². The molecule has 1 aliphatic rings. The number of nitrogens with zero attached hydrogens (tertiary/aromatic N) is 2. The molecule has 3 rings (SSSR count). The zero-order valence-electron chi connectivity index (χ0n) is 16.2. The van der Waals surface area contributed by atoms with Crippen molar-refractivity contribution in [3.8, 4) is 0 Å². The second-order valence-electron chi connectivity index (χ2n) is 6.37. The van der Waals surface area contributed by atoms with E-state index in [1.807, 2.05) is 12.1 Å². The molecule has 1 saturated heterocycles. The summed E-state index contributed by atoms with van der Waals surface area (Å²) in [5.41, 5.74) is 1.42. The molecule has 9 nitrogen and oxygen atoms in total. The molecule has 1 unspecified atom stereocenters. The summed E-state index contributed by atoms with van der Waals surface area (Å²) < 4.78 is 15.0. The minimum atomic E-state index is -1.62. The molecule has 2 aromatic carbocycles. The maximum atomic E-state index is 12.7. The number of rotatable bonds is 5. The van der Waals surface area contributed by atoms with Gasteiger partial charge in [-0.3, -0.25) is 4.79 Å². The summed E-state index contributed by atoms with van der Waals surface area (Å²) in [6, 6.07) is 16.1. The largest absolute Gasteiger partial charge is 0.467 e. The Hall–Kier alpha value is -3.88. The number of hydrazine groups is 1. The fourth-order valence-electron chi connectivity index (χ4n) is 2.86. The number of hydrogen-bond donors (Lipinski definition) is 0. The molecule has 1 aliphatic heterocycles. The third kappa shape index (κ3) is 4.75. The van der Waals surface area contributed by atoms with Gasteiger partial charge < -0.3 is 14.2 Å². The van der Waals surface area contributed by atoms with Crippen LogP contribution in [0.4, 0.5) is 9.59 Å². The van der Waals surface area contributed by atoms with E-state index in [1.165, 1.54) is 0 Å². The first-order valence-electron chi connectivity index (χ1n) is 9.10. The summed E-state index contributed by atoms with van der Waals surface area (Å²) in [4.78, 5) is 49.7. The lowest BCUT2D eigenvalue weighted by molar-refractivity contribution is -0.150. The number of carbonyl (C=O) groups excluding carboxylic acids is 4. The van der Waals surface area contributed by atoms with E-state index in [4.69, 9.17) is 9.47 Å². The summed E-state index contributed by atoms with van der Waals surface area (Å²) in [7, 11) is 1.08. The molecule has 1 fully saturated rings. The zero-order chi connectivity index (χ0) is 21.5. The van der Waals surface area contributed by atoms with Crippen molar-refractivity contribution in [2.75, 3.05) is 13.7 Å². The third-order valence-electron chi connectivity index (χ3n) is 4.35. The van der Waals surface area contributed by atoms with E-state index >= 15 is 0 Å². The van der Waals surface area contributed by atoms with Gasteiger partial charge in [0, 0.05) is 0 Å². The molecule has 156 valence electrons. The van der Waals surface area contributed by atoms with Crippen LogP contribution in [0.1, 0.15) is 11.1 Å². The van der Waals surface area contributed by atoms with Crippen LogP contribution in [0.25, 0.3) is 0 Å². The first kappa shape index (κ1) is 20.8. The van der Waals surface area contributed by atoms with Gasteiger partial charge in [-0.1, -0.05) is 60.7 Å². The molecule has 0 aromatic heterocycles. The number of esters is 1. The summed E-state index contributed by atoms with van der Waals surface area (Å²) >= 11 is 0. The molecule has 0 aliphatic carbocycles. The van der Waals surface area contributed by atoms with Crippen LogP contribution in [0.3, 0.4) is 0 Å². The van der Waals surface area contributed by atoms with Crippen LogP contribution in [0.15, 0.2) is 60.7 Å². The van der Waals surface area contributed by atoms with E-state index in [2.05, 4.69) is 4.74 Å². The lowest BCUT2D eigenvalue weighted by Gasteiger charge is -2.28.